The van der Waals surface area contributed by atoms with Crippen molar-refractivity contribution in [1.82, 2.24) is 14.9 Å². The highest BCUT2D eigenvalue weighted by Gasteiger charge is 2.24. The number of hydrogen-bond acceptors (Lipinski definition) is 4. The number of amides is 1. The summed E-state index contributed by atoms with van der Waals surface area (Å²) in [5.41, 5.74) is 7.49. The van der Waals surface area contributed by atoms with Crippen LogP contribution in [0.3, 0.4) is 0 Å². The molecule has 3 rings (SSSR count). The quantitative estimate of drug-likeness (QED) is 0.791. The van der Waals surface area contributed by atoms with Gasteiger partial charge in [-0.15, -0.1) is 0 Å². The lowest BCUT2D eigenvalue weighted by Gasteiger charge is -2.28. The van der Waals surface area contributed by atoms with Crippen molar-refractivity contribution < 1.29 is 4.79 Å². The maximum atomic E-state index is 12.4. The molecule has 20 heavy (non-hydrogen) atoms. The summed E-state index contributed by atoms with van der Waals surface area (Å²) in [5, 5.41) is 0. The number of benzene rings is 1. The number of aromatic nitrogens is 2. The summed E-state index contributed by atoms with van der Waals surface area (Å²) in [6.07, 6.45) is 0.579. The van der Waals surface area contributed by atoms with Crippen LogP contribution < -0.4 is 11.4 Å². The molecule has 1 amide bonds. The van der Waals surface area contributed by atoms with Gasteiger partial charge in [0.25, 0.3) is 5.91 Å². The summed E-state index contributed by atoms with van der Waals surface area (Å²) in [7, 11) is 0. The molecule has 102 valence electrons. The molecule has 0 saturated heterocycles. The van der Waals surface area contributed by atoms with Crippen molar-refractivity contribution in [2.75, 3.05) is 12.3 Å². The van der Waals surface area contributed by atoms with Crippen LogP contribution in [0.2, 0.25) is 0 Å². The number of aromatic amines is 1. The van der Waals surface area contributed by atoms with Gasteiger partial charge in [0.2, 0.25) is 0 Å². The fraction of sp³-hybridized carbons (Fsp3) is 0.214. The van der Waals surface area contributed by atoms with E-state index in [4.69, 9.17) is 5.73 Å². The van der Waals surface area contributed by atoms with E-state index in [1.165, 1.54) is 0 Å². The third-order valence-electron chi connectivity index (χ3n) is 3.44. The highest BCUT2D eigenvalue weighted by molar-refractivity contribution is 5.94. The zero-order valence-corrected chi connectivity index (χ0v) is 10.8. The molecule has 0 unspecified atom stereocenters. The molecule has 2 aromatic rings. The Balaban J connectivity index is 1.89. The summed E-state index contributed by atoms with van der Waals surface area (Å²) < 4.78 is 0. The average molecular weight is 270 g/mol. The predicted molar refractivity (Wildman–Crippen MR) is 74.2 cm³/mol. The Kier molecular flexibility index (Phi) is 2.98. The maximum Gasteiger partial charge on any atom is 0.347 e. The number of nitrogens with one attached hydrogen (secondary N) is 1. The summed E-state index contributed by atoms with van der Waals surface area (Å²) in [5.74, 6) is 0.163. The molecule has 0 radical (unpaired) electrons. The number of nitrogen functional groups attached to an aromatic ring is 1. The van der Waals surface area contributed by atoms with Gasteiger partial charge in [0.1, 0.15) is 5.82 Å². The minimum absolute atomic E-state index is 0.0400. The lowest BCUT2D eigenvalue weighted by Crippen LogP contribution is -2.38. The van der Waals surface area contributed by atoms with E-state index >= 15 is 0 Å². The molecule has 1 aromatic carbocycles. The second-order valence-electron chi connectivity index (χ2n) is 4.73. The van der Waals surface area contributed by atoms with Gasteiger partial charge in [-0.05, 0) is 12.1 Å². The minimum atomic E-state index is -0.441. The summed E-state index contributed by atoms with van der Waals surface area (Å²) in [6, 6.07) is 9.10. The smallest absolute Gasteiger partial charge is 0.347 e. The van der Waals surface area contributed by atoms with Gasteiger partial charge in [0, 0.05) is 29.8 Å². The van der Waals surface area contributed by atoms with E-state index < -0.39 is 5.69 Å². The Hall–Kier alpha value is -2.63. The van der Waals surface area contributed by atoms with Crippen molar-refractivity contribution in [3.05, 3.63) is 57.6 Å². The third-order valence-corrected chi connectivity index (χ3v) is 3.44. The lowest BCUT2D eigenvalue weighted by atomic mass is 10.0. The highest BCUT2D eigenvalue weighted by atomic mass is 16.2. The molecule has 1 aliphatic rings. The van der Waals surface area contributed by atoms with Crippen LogP contribution in [0.25, 0.3) is 0 Å². The average Bonchev–Trinajstić information content (AvgIpc) is 2.47. The van der Waals surface area contributed by atoms with Crippen molar-refractivity contribution in [2.24, 2.45) is 0 Å². The van der Waals surface area contributed by atoms with Gasteiger partial charge in [-0.3, -0.25) is 4.79 Å². The van der Waals surface area contributed by atoms with Crippen LogP contribution in [0.4, 0.5) is 5.82 Å². The molecule has 0 spiro atoms. The standard InChI is InChI=1S/C14H14N4O2/c15-12-10-8-18(7-6-11(10)16-14(20)17-12)13(19)9-4-2-1-3-5-9/h1-5H,6-8H2,(H3,15,16,17,20). The summed E-state index contributed by atoms with van der Waals surface area (Å²) in [6.45, 7) is 0.929. The van der Waals surface area contributed by atoms with Crippen LogP contribution in [0.5, 0.6) is 0 Å². The van der Waals surface area contributed by atoms with Gasteiger partial charge in [-0.25, -0.2) is 4.79 Å². The highest BCUT2D eigenvalue weighted by Crippen LogP contribution is 2.21. The minimum Gasteiger partial charge on any atom is -0.383 e. The van der Waals surface area contributed by atoms with Crippen molar-refractivity contribution in [3.8, 4) is 0 Å². The summed E-state index contributed by atoms with van der Waals surface area (Å²) >= 11 is 0. The summed E-state index contributed by atoms with van der Waals surface area (Å²) in [4.78, 5) is 31.7. The molecule has 0 fully saturated rings. The molecule has 1 aromatic heterocycles. The van der Waals surface area contributed by atoms with E-state index in [9.17, 15) is 9.59 Å². The Bertz CT molecular complexity index is 709. The van der Waals surface area contributed by atoms with Gasteiger partial charge < -0.3 is 15.6 Å². The fourth-order valence-electron chi connectivity index (χ4n) is 2.41. The van der Waals surface area contributed by atoms with E-state index in [1.807, 2.05) is 18.2 Å². The normalized spacial score (nSPS) is 13.9. The molecule has 0 saturated carbocycles. The number of H-pyrrole nitrogens is 1. The monoisotopic (exact) mass is 270 g/mol. The first kappa shape index (κ1) is 12.4. The molecule has 2 heterocycles. The van der Waals surface area contributed by atoms with E-state index in [0.29, 0.717) is 25.1 Å². The first-order chi connectivity index (χ1) is 9.65. The first-order valence-corrected chi connectivity index (χ1v) is 6.37. The number of rotatable bonds is 1. The second kappa shape index (κ2) is 4.80. The van der Waals surface area contributed by atoms with Crippen molar-refractivity contribution in [2.45, 2.75) is 13.0 Å². The molecule has 6 nitrogen and oxygen atoms in total. The Labute approximate surface area is 115 Å². The molecular formula is C14H14N4O2. The number of carbonyl (C=O) groups is 1. The molecule has 0 atom stereocenters. The van der Waals surface area contributed by atoms with Crippen molar-refractivity contribution >= 4 is 11.7 Å². The zero-order valence-electron chi connectivity index (χ0n) is 10.8. The van der Waals surface area contributed by atoms with Crippen molar-refractivity contribution in [3.63, 3.8) is 0 Å². The van der Waals surface area contributed by atoms with Crippen LogP contribution in [0.1, 0.15) is 21.6 Å². The maximum absolute atomic E-state index is 12.4. The molecular weight excluding hydrogens is 256 g/mol. The first-order valence-electron chi connectivity index (χ1n) is 6.37. The third kappa shape index (κ3) is 2.16. The fourth-order valence-corrected chi connectivity index (χ4v) is 2.41. The van der Waals surface area contributed by atoms with E-state index in [2.05, 4.69) is 9.97 Å². The van der Waals surface area contributed by atoms with Crippen LogP contribution >= 0.6 is 0 Å². The van der Waals surface area contributed by atoms with Crippen molar-refractivity contribution in [1.29, 1.82) is 0 Å². The second-order valence-corrected chi connectivity index (χ2v) is 4.73. The number of nitrogens with two attached hydrogens (primary N) is 1. The molecule has 0 bridgehead atoms. The van der Waals surface area contributed by atoms with Gasteiger partial charge in [0.05, 0.1) is 6.54 Å². The van der Waals surface area contributed by atoms with E-state index in [-0.39, 0.29) is 11.7 Å². The Morgan fingerprint density at radius 1 is 1.30 bits per heavy atom. The SMILES string of the molecule is Nc1nc(=O)[nH]c2c1CN(C(=O)c1ccccc1)CC2. The van der Waals surface area contributed by atoms with E-state index in [0.717, 1.165) is 11.3 Å². The van der Waals surface area contributed by atoms with Crippen LogP contribution in [-0.4, -0.2) is 27.3 Å². The van der Waals surface area contributed by atoms with Gasteiger partial charge in [-0.1, -0.05) is 18.2 Å². The van der Waals surface area contributed by atoms with Gasteiger partial charge in [-0.2, -0.15) is 4.98 Å². The van der Waals surface area contributed by atoms with E-state index in [1.54, 1.807) is 17.0 Å². The molecule has 1 aliphatic heterocycles. The number of nitrogens with zero attached hydrogens (tertiary/aromatic N) is 2. The lowest BCUT2D eigenvalue weighted by molar-refractivity contribution is 0.0734. The predicted octanol–water partition coefficient (Wildman–Crippen LogP) is 0.551. The number of anilines is 1. The number of hydrogen-bond donors (Lipinski definition) is 2. The van der Waals surface area contributed by atoms with Crippen LogP contribution in [-0.2, 0) is 13.0 Å². The number of carbonyl (C=O) groups excluding carboxylic acids is 1. The Morgan fingerprint density at radius 3 is 2.80 bits per heavy atom. The zero-order chi connectivity index (χ0) is 14.1. The number of fused-ring (bicyclic) bond motifs is 1. The van der Waals surface area contributed by atoms with Gasteiger partial charge >= 0.3 is 5.69 Å². The van der Waals surface area contributed by atoms with Crippen LogP contribution in [0, 0.1) is 0 Å². The topological polar surface area (TPSA) is 92.1 Å². The molecule has 6 heteroatoms. The van der Waals surface area contributed by atoms with Crippen LogP contribution in [0.15, 0.2) is 35.1 Å². The molecule has 0 aliphatic carbocycles. The Morgan fingerprint density at radius 2 is 2.05 bits per heavy atom. The largest absolute Gasteiger partial charge is 0.383 e. The van der Waals surface area contributed by atoms with Gasteiger partial charge in [0.15, 0.2) is 0 Å². The molecule has 3 N–H and O–H groups in total.